The molecule has 0 bridgehead atoms. The van der Waals surface area contributed by atoms with Crippen molar-refractivity contribution in [2.24, 2.45) is 0 Å². The van der Waals surface area contributed by atoms with Crippen LogP contribution in [-0.4, -0.2) is 50.0 Å². The number of aliphatic hydroxyl groups is 1. The Kier molecular flexibility index (Phi) is 7.44. The van der Waals surface area contributed by atoms with Crippen molar-refractivity contribution in [1.82, 2.24) is 4.90 Å². The zero-order valence-electron chi connectivity index (χ0n) is 20.6. The summed E-state index contributed by atoms with van der Waals surface area (Å²) in [5, 5.41) is 10.6. The minimum atomic E-state index is -0.567. The Hall–Kier alpha value is -3.02. The molecule has 5 nitrogen and oxygen atoms in total. The fourth-order valence-corrected chi connectivity index (χ4v) is 4.63. The molecule has 3 aromatic carbocycles. The first kappa shape index (κ1) is 24.1. The maximum atomic E-state index is 10.6. The molecule has 0 saturated heterocycles. The van der Waals surface area contributed by atoms with Crippen LogP contribution in [0.2, 0.25) is 0 Å². The van der Waals surface area contributed by atoms with Crippen LogP contribution in [0.15, 0.2) is 66.7 Å². The number of ether oxygens (including phenoxy) is 3. The number of fused-ring (bicyclic) bond motifs is 1. The first-order chi connectivity index (χ1) is 16.4. The molecule has 1 N–H and O–H groups in total. The highest BCUT2D eigenvalue weighted by atomic mass is 16.5. The van der Waals surface area contributed by atoms with Crippen molar-refractivity contribution in [2.75, 3.05) is 33.9 Å². The lowest BCUT2D eigenvalue weighted by molar-refractivity contribution is 0.0637. The minimum Gasteiger partial charge on any atom is -0.493 e. The van der Waals surface area contributed by atoms with Crippen LogP contribution in [0.4, 0.5) is 0 Å². The number of aliphatic hydroxyl groups excluding tert-OH is 1. The van der Waals surface area contributed by atoms with Gasteiger partial charge in [0.05, 0.1) is 14.2 Å². The van der Waals surface area contributed by atoms with Gasteiger partial charge in [0, 0.05) is 25.0 Å². The molecule has 1 aliphatic rings. The van der Waals surface area contributed by atoms with Crippen molar-refractivity contribution in [2.45, 2.75) is 38.3 Å². The maximum Gasteiger partial charge on any atom is 0.161 e. The average Bonchev–Trinajstić information content (AvgIpc) is 2.87. The van der Waals surface area contributed by atoms with Crippen LogP contribution in [0, 0.1) is 0 Å². The van der Waals surface area contributed by atoms with E-state index in [0.717, 1.165) is 36.8 Å². The topological polar surface area (TPSA) is 51.2 Å². The van der Waals surface area contributed by atoms with E-state index >= 15 is 0 Å². The fraction of sp³-hybridized carbons (Fsp3) is 0.379. The van der Waals surface area contributed by atoms with Gasteiger partial charge in [0.25, 0.3) is 0 Å². The van der Waals surface area contributed by atoms with Gasteiger partial charge in [-0.25, -0.2) is 0 Å². The molecule has 1 heterocycles. The maximum absolute atomic E-state index is 10.6. The summed E-state index contributed by atoms with van der Waals surface area (Å²) in [6.07, 6.45) is 0.351. The van der Waals surface area contributed by atoms with E-state index in [0.29, 0.717) is 6.54 Å². The molecular weight excluding hydrogens is 426 g/mol. The Morgan fingerprint density at radius 2 is 1.50 bits per heavy atom. The summed E-state index contributed by atoms with van der Waals surface area (Å²) in [7, 11) is 3.31. The van der Waals surface area contributed by atoms with Gasteiger partial charge in [-0.3, -0.25) is 4.90 Å². The zero-order chi connectivity index (χ0) is 24.1. The smallest absolute Gasteiger partial charge is 0.161 e. The van der Waals surface area contributed by atoms with Gasteiger partial charge in [-0.05, 0) is 52.9 Å². The molecule has 5 heteroatoms. The third kappa shape index (κ3) is 5.37. The van der Waals surface area contributed by atoms with Crippen LogP contribution < -0.4 is 14.2 Å². The number of rotatable bonds is 9. The predicted octanol–water partition coefficient (Wildman–Crippen LogP) is 4.83. The summed E-state index contributed by atoms with van der Waals surface area (Å²) in [5.41, 5.74) is 4.91. The van der Waals surface area contributed by atoms with Gasteiger partial charge in [-0.1, -0.05) is 56.3 Å². The van der Waals surface area contributed by atoms with E-state index in [-0.39, 0.29) is 12.0 Å². The average molecular weight is 462 g/mol. The molecule has 0 aliphatic carbocycles. The SMILES string of the molecule is COc1cc2c(cc1OC)CN(C[C@H](O)COc1ccc(C(C)(C)c3ccccc3)cc1)CC2. The van der Waals surface area contributed by atoms with Gasteiger partial charge in [0.1, 0.15) is 18.5 Å². The fourth-order valence-electron chi connectivity index (χ4n) is 4.63. The highest BCUT2D eigenvalue weighted by Crippen LogP contribution is 2.34. The largest absolute Gasteiger partial charge is 0.493 e. The lowest BCUT2D eigenvalue weighted by Crippen LogP contribution is -2.38. The highest BCUT2D eigenvalue weighted by Gasteiger charge is 2.23. The molecule has 180 valence electrons. The number of methoxy groups -OCH3 is 2. The summed E-state index contributed by atoms with van der Waals surface area (Å²) < 4.78 is 16.8. The first-order valence-corrected chi connectivity index (χ1v) is 11.8. The van der Waals surface area contributed by atoms with E-state index in [1.807, 2.05) is 24.3 Å². The Labute approximate surface area is 202 Å². The molecule has 34 heavy (non-hydrogen) atoms. The van der Waals surface area contributed by atoms with Crippen molar-refractivity contribution in [3.8, 4) is 17.2 Å². The second kappa shape index (κ2) is 10.5. The van der Waals surface area contributed by atoms with Crippen LogP contribution >= 0.6 is 0 Å². The molecular formula is C29H35NO4. The van der Waals surface area contributed by atoms with Crippen LogP contribution in [0.1, 0.15) is 36.1 Å². The Morgan fingerprint density at radius 1 is 0.882 bits per heavy atom. The predicted molar refractivity (Wildman–Crippen MR) is 135 cm³/mol. The van der Waals surface area contributed by atoms with Gasteiger partial charge in [0.15, 0.2) is 11.5 Å². The molecule has 4 rings (SSSR count). The molecule has 0 aromatic heterocycles. The van der Waals surface area contributed by atoms with Gasteiger partial charge in [-0.15, -0.1) is 0 Å². The van der Waals surface area contributed by atoms with Crippen molar-refractivity contribution in [1.29, 1.82) is 0 Å². The van der Waals surface area contributed by atoms with Crippen molar-refractivity contribution >= 4 is 0 Å². The summed E-state index contributed by atoms with van der Waals surface area (Å²) in [6, 6.07) is 22.8. The number of hydrogen-bond donors (Lipinski definition) is 1. The van der Waals surface area contributed by atoms with Gasteiger partial charge in [-0.2, -0.15) is 0 Å². The number of nitrogens with zero attached hydrogens (tertiary/aromatic N) is 1. The van der Waals surface area contributed by atoms with E-state index in [2.05, 4.69) is 61.2 Å². The zero-order valence-corrected chi connectivity index (χ0v) is 20.6. The summed E-state index contributed by atoms with van der Waals surface area (Å²) in [6.45, 7) is 6.94. The number of hydrogen-bond acceptors (Lipinski definition) is 5. The molecule has 0 amide bonds. The Bertz CT molecular complexity index is 1080. The van der Waals surface area contributed by atoms with E-state index < -0.39 is 6.10 Å². The Morgan fingerprint density at radius 3 is 2.15 bits per heavy atom. The van der Waals surface area contributed by atoms with Crippen LogP contribution in [0.3, 0.4) is 0 Å². The summed E-state index contributed by atoms with van der Waals surface area (Å²) >= 11 is 0. The monoisotopic (exact) mass is 461 g/mol. The molecule has 0 radical (unpaired) electrons. The quantitative estimate of drug-likeness (QED) is 0.495. The van der Waals surface area contributed by atoms with E-state index in [1.54, 1.807) is 14.2 Å². The normalized spacial score (nSPS) is 14.9. The molecule has 0 unspecified atom stereocenters. The third-order valence-electron chi connectivity index (χ3n) is 6.78. The molecule has 0 saturated carbocycles. The number of benzene rings is 3. The van der Waals surface area contributed by atoms with Crippen molar-refractivity contribution in [3.05, 3.63) is 89.0 Å². The van der Waals surface area contributed by atoms with Gasteiger partial charge in [0.2, 0.25) is 0 Å². The van der Waals surface area contributed by atoms with Crippen molar-refractivity contribution < 1.29 is 19.3 Å². The molecule has 3 aromatic rings. The number of β-amino-alcohol motifs (C(OH)–C–C–N with tert-alkyl or cyclic N) is 1. The van der Waals surface area contributed by atoms with Crippen molar-refractivity contribution in [3.63, 3.8) is 0 Å². The van der Waals surface area contributed by atoms with Gasteiger partial charge >= 0.3 is 0 Å². The van der Waals surface area contributed by atoms with E-state index in [1.165, 1.54) is 22.3 Å². The molecule has 1 aliphatic heterocycles. The van der Waals surface area contributed by atoms with Crippen LogP contribution in [-0.2, 0) is 18.4 Å². The second-order valence-corrected chi connectivity index (χ2v) is 9.44. The second-order valence-electron chi connectivity index (χ2n) is 9.44. The first-order valence-electron chi connectivity index (χ1n) is 11.8. The lowest BCUT2D eigenvalue weighted by atomic mass is 9.78. The highest BCUT2D eigenvalue weighted by molar-refractivity contribution is 5.48. The summed E-state index contributed by atoms with van der Waals surface area (Å²) in [4.78, 5) is 2.26. The summed E-state index contributed by atoms with van der Waals surface area (Å²) in [5.74, 6) is 2.28. The van der Waals surface area contributed by atoms with Crippen LogP contribution in [0.5, 0.6) is 17.2 Å². The van der Waals surface area contributed by atoms with E-state index in [4.69, 9.17) is 14.2 Å². The Balaban J connectivity index is 1.31. The molecule has 0 spiro atoms. The molecule has 1 atom stereocenters. The standard InChI is InChI=1S/C29H35NO4/c1-29(2,23-8-6-5-7-9-23)24-10-12-26(13-11-24)34-20-25(31)19-30-15-14-21-16-27(32-3)28(33-4)17-22(21)18-30/h5-13,16-17,25,31H,14-15,18-20H2,1-4H3/t25-/m0/s1. The van der Waals surface area contributed by atoms with E-state index in [9.17, 15) is 5.11 Å². The molecule has 0 fully saturated rings. The van der Waals surface area contributed by atoms with Crippen LogP contribution in [0.25, 0.3) is 0 Å². The third-order valence-corrected chi connectivity index (χ3v) is 6.78. The van der Waals surface area contributed by atoms with Gasteiger partial charge < -0.3 is 19.3 Å². The lowest BCUT2D eigenvalue weighted by Gasteiger charge is -2.31. The minimum absolute atomic E-state index is 0.0867.